The number of rotatable bonds is 24. The predicted molar refractivity (Wildman–Crippen MR) is 541 cm³/mol. The van der Waals surface area contributed by atoms with Crippen molar-refractivity contribution in [1.82, 2.24) is 61.3 Å². The van der Waals surface area contributed by atoms with Crippen molar-refractivity contribution in [3.05, 3.63) is 148 Å². The van der Waals surface area contributed by atoms with Crippen LogP contribution in [-0.4, -0.2) is 403 Å². The standard InChI is InChI=1S/C16H27N2O3P.C15H23N2O4P.2C15H25N2O4P.C14H22ClN2O3P.C14H22IN2O3P/c1-11-14(20)16(3,8-10-22(4,5)6)21-15(11)18-9-7-13(19)17-12(18)2;1-10-16-11(18)5-7-17(10)14-12-13(19)15(21-14,9-20-12)6-8-22(2,3)4;2*1-10-16-12(18)6-8-17(10)14-15(2,20)13(19)11(21-14)7-9-22(3,4)5;2*1-9-16-11(18)5-7-17(9)14-12(15)13(19)10(20-14)6-8-21(2,3)4/h7,9,11,14-15,20H,2,4,8,10H2,1,3,5-6H3,(H,17,19);5,7,12-14,19H,1-2,6,8-9H2,3-4H3,(H,16,18);2*6,8,11,13-14,19-20H,1,3,7,9H2,2,4-5H3,(H,16,18);2*5,7,10,12-14,19H,1-2,6,8H2,3-4H3,(H,16,18)/t11-,14+,15-,16-;12-,13+,14-,15+;11-,13-,14-,15+;11-,13-,14-,15-;2*10-,12-,13-,14-/m111111/s1. The summed E-state index contributed by atoms with van der Waals surface area (Å²) < 4.78 is 41.8. The molecule has 0 spiro atoms. The van der Waals surface area contributed by atoms with Crippen molar-refractivity contribution in [3.8, 4) is 0 Å². The number of fused-ring (bicyclic) bond motifs is 2. The SMILES string of the molecule is C=C1NC(=O)C=CN1[C@@H]1O[C@@]2(CCP(=C)(C)C)CO[C@@H]1[C@@H]2O.C=C1NC(=O)C=CN1[C@@H]1O[C@H](CCP(=C)(C)C)[C@@H](O)[C@@]1(C)O.C=C1NC(=O)C=CN1[C@@H]1O[C@H](CCP(=C)(C)C)[C@@H](O)[C@H]1Cl.C=C1NC(=O)C=CN1[C@@H]1O[C@H](CCP(=C)(C)C)[C@@H](O)[C@H]1I.C=C1NC(=O)C=CN1[C@@H]1O[C@H](CCP(=C)(C)C)[C@@H](O)[C@]1(C)O.C=C1NC(=O)C=CN1[C@@H]1O[C@](C)(CCP(=C)(C)C)[C@@H](O)[C@H]1C. The van der Waals surface area contributed by atoms with Gasteiger partial charge in [-0.05, 0) is 176 Å². The highest BCUT2D eigenvalue weighted by molar-refractivity contribution is 14.1. The number of carbonyl (C=O) groups excluding carboxylic acids is 6. The van der Waals surface area contributed by atoms with Gasteiger partial charge in [-0.15, -0.1) is 90.7 Å². The molecule has 33 nitrogen and oxygen atoms in total. The second-order valence-electron chi connectivity index (χ2n) is 39.9. The second-order valence-corrected chi connectivity index (χ2v) is 67.7. The van der Waals surface area contributed by atoms with E-state index in [-0.39, 0.29) is 69.9 Å². The van der Waals surface area contributed by atoms with Crippen molar-refractivity contribution in [1.29, 1.82) is 0 Å². The number of carbonyl (C=O) groups is 6. The van der Waals surface area contributed by atoms with Gasteiger partial charge < -0.3 is 135 Å². The minimum Gasteiger partial charge on any atom is -0.390 e. The van der Waals surface area contributed by atoms with Gasteiger partial charge >= 0.3 is 0 Å². The maximum Gasteiger partial charge on any atom is 0.250 e. The summed E-state index contributed by atoms with van der Waals surface area (Å²) in [4.78, 5) is 77.8. The molecule has 7 fully saturated rings. The van der Waals surface area contributed by atoms with E-state index in [1.807, 2.05) is 13.8 Å². The minimum absolute atomic E-state index is 0.0877. The smallest absolute Gasteiger partial charge is 0.250 e. The Labute approximate surface area is 787 Å². The molecule has 730 valence electrons. The van der Waals surface area contributed by atoms with Crippen molar-refractivity contribution in [2.75, 3.05) is 124 Å². The molecular weight excluding hydrogens is 1920 g/mol. The van der Waals surface area contributed by atoms with Crippen LogP contribution in [0.4, 0.5) is 0 Å². The number of nitrogens with one attached hydrogen (secondary N) is 6. The maximum absolute atomic E-state index is 11.3. The Morgan fingerprint density at radius 1 is 0.400 bits per heavy atom. The molecule has 13 aliphatic rings. The summed E-state index contributed by atoms with van der Waals surface area (Å²) >= 11 is 8.50. The quantitative estimate of drug-likeness (QED) is 0.0334. The minimum atomic E-state index is -1.47. The molecule has 0 aromatic heterocycles. The van der Waals surface area contributed by atoms with Crippen LogP contribution in [0.15, 0.2) is 148 Å². The number of hydrogen-bond acceptors (Lipinski definition) is 27. The van der Waals surface area contributed by atoms with Crippen LogP contribution < -0.4 is 31.9 Å². The van der Waals surface area contributed by atoms with E-state index in [4.69, 9.17) is 44.8 Å². The summed E-state index contributed by atoms with van der Waals surface area (Å²) in [6.07, 6.45) is 43.1. The lowest BCUT2D eigenvalue weighted by Gasteiger charge is -2.38. The Kier molecular flexibility index (Phi) is 36.9. The third-order valence-corrected chi connectivity index (χ3v) is 34.5. The van der Waals surface area contributed by atoms with Gasteiger partial charge in [-0.3, -0.25) is 28.8 Å². The average Bonchev–Trinajstić information content (AvgIpc) is 1.60. The highest BCUT2D eigenvalue weighted by Gasteiger charge is 2.63. The number of nitrogens with zero attached hydrogens (tertiary/aromatic N) is 6. The molecule has 0 aliphatic carbocycles. The fourth-order valence-corrected chi connectivity index (χ4v) is 23.2. The van der Waals surface area contributed by atoms with Crippen molar-refractivity contribution in [3.63, 3.8) is 0 Å². The second kappa shape index (κ2) is 43.6. The Balaban J connectivity index is 0.000000193. The summed E-state index contributed by atoms with van der Waals surface area (Å²) in [6.45, 7) is 48.9. The fourth-order valence-electron chi connectivity index (χ4n) is 16.1. The normalized spacial score (nSPS) is 35.4. The first-order valence-electron chi connectivity index (χ1n) is 42.9. The van der Waals surface area contributed by atoms with E-state index < -0.39 is 149 Å². The number of hydrogen-bond donors (Lipinski definition) is 14. The molecule has 6 amide bonds. The number of aliphatic hydroxyl groups excluding tert-OH is 6. The monoisotopic (exact) mass is 2060 g/mol. The maximum atomic E-state index is 11.3. The molecule has 0 saturated carbocycles. The van der Waals surface area contributed by atoms with Crippen LogP contribution in [-0.2, 0) is 61.9 Å². The predicted octanol–water partition coefficient (Wildman–Crippen LogP) is 5.24. The van der Waals surface area contributed by atoms with Crippen LogP contribution in [0.3, 0.4) is 0 Å². The molecule has 7 saturated heterocycles. The molecule has 130 heavy (non-hydrogen) atoms. The van der Waals surface area contributed by atoms with E-state index in [9.17, 15) is 69.6 Å². The number of amides is 6. The third kappa shape index (κ3) is 28.9. The third-order valence-electron chi connectivity index (χ3n) is 23.9. The van der Waals surface area contributed by atoms with Gasteiger partial charge in [0.25, 0.3) is 35.4 Å². The Hall–Kier alpha value is -5.28. The largest absolute Gasteiger partial charge is 0.390 e. The molecule has 0 unspecified atom stereocenters. The van der Waals surface area contributed by atoms with E-state index >= 15 is 0 Å². The first kappa shape index (κ1) is 110. The highest BCUT2D eigenvalue weighted by Crippen LogP contribution is 2.51. The number of aliphatic hydroxyl groups is 8. The molecule has 14 N–H and O–H groups in total. The van der Waals surface area contributed by atoms with Gasteiger partial charge in [0.2, 0.25) is 0 Å². The Morgan fingerprint density at radius 3 is 1.03 bits per heavy atom. The van der Waals surface area contributed by atoms with Crippen LogP contribution >= 0.6 is 75.5 Å². The summed E-state index contributed by atoms with van der Waals surface area (Å²) in [5, 5.41) is 99.1. The molecule has 0 aromatic carbocycles. The summed E-state index contributed by atoms with van der Waals surface area (Å²) in [5.41, 5.74) is -4.22. The Bertz CT molecular complexity index is 4540. The van der Waals surface area contributed by atoms with Gasteiger partial charge in [0, 0.05) is 79.6 Å². The van der Waals surface area contributed by atoms with E-state index in [2.05, 4.69) is 212 Å². The lowest BCUT2D eigenvalue weighted by atomic mass is 9.90. The molecular formula is C89H144ClIN12O21P6. The molecule has 0 radical (unpaired) electrons. The first-order chi connectivity index (χ1) is 59.7. The van der Waals surface area contributed by atoms with Crippen molar-refractivity contribution in [2.24, 2.45) is 5.92 Å². The molecule has 13 rings (SSSR count). The van der Waals surface area contributed by atoms with Crippen molar-refractivity contribution < 1.29 is 103 Å². The number of halogens is 2. The van der Waals surface area contributed by atoms with Gasteiger partial charge in [0.15, 0.2) is 24.9 Å². The molecule has 13 aliphatic heterocycles. The lowest BCUT2D eigenvalue weighted by molar-refractivity contribution is -0.182. The molecule has 0 aromatic rings. The van der Waals surface area contributed by atoms with Gasteiger partial charge in [0.1, 0.15) is 100 Å². The zero-order valence-electron chi connectivity index (χ0n) is 78.2. The van der Waals surface area contributed by atoms with Gasteiger partial charge in [-0.1, -0.05) is 69.0 Å². The highest BCUT2D eigenvalue weighted by atomic mass is 127. The van der Waals surface area contributed by atoms with E-state index in [1.54, 1.807) is 44.4 Å². The van der Waals surface area contributed by atoms with E-state index in [0.29, 0.717) is 54.4 Å². The topological polar surface area (TPSA) is 420 Å². The molecule has 24 atom stereocenters. The molecule has 41 heteroatoms. The fraction of sp³-hybridized carbons (Fsp3) is 0.596. The van der Waals surface area contributed by atoms with Crippen LogP contribution in [0.25, 0.3) is 0 Å². The zero-order valence-corrected chi connectivity index (χ0v) is 86.4. The van der Waals surface area contributed by atoms with Crippen molar-refractivity contribution >= 4 is 149 Å². The number of alkyl halides is 2. The summed E-state index contributed by atoms with van der Waals surface area (Å²) in [6, 6.07) is 0. The Morgan fingerprint density at radius 2 is 0.692 bits per heavy atom. The van der Waals surface area contributed by atoms with Crippen LogP contribution in [0, 0.1) is 5.92 Å². The van der Waals surface area contributed by atoms with Crippen molar-refractivity contribution in [2.45, 2.75) is 202 Å². The van der Waals surface area contributed by atoms with Crippen LogP contribution in [0.1, 0.15) is 66.2 Å². The van der Waals surface area contributed by atoms with Crippen LogP contribution in [0.2, 0.25) is 0 Å². The van der Waals surface area contributed by atoms with Gasteiger partial charge in [-0.2, -0.15) is 0 Å². The summed E-state index contributed by atoms with van der Waals surface area (Å²) in [5.74, 6) is 0.928. The summed E-state index contributed by atoms with van der Waals surface area (Å²) in [7, 11) is 0. The van der Waals surface area contributed by atoms with E-state index in [0.717, 1.165) is 62.7 Å². The average molecular weight is 2070 g/mol. The van der Waals surface area contributed by atoms with Gasteiger partial charge in [-0.25, -0.2) is 0 Å². The molecule has 2 bridgehead atoms. The number of ether oxygens (including phenoxy) is 7. The first-order valence-corrected chi connectivity index (χ1v) is 62.9. The van der Waals surface area contributed by atoms with Crippen LogP contribution in [0.5, 0.6) is 0 Å². The molecule has 13 heterocycles. The van der Waals surface area contributed by atoms with Gasteiger partial charge in [0.05, 0.1) is 52.8 Å². The lowest BCUT2D eigenvalue weighted by Crippen LogP contribution is -2.53. The zero-order chi connectivity index (χ0) is 97.8. The van der Waals surface area contributed by atoms with E-state index in [1.165, 1.54) is 72.5 Å².